The van der Waals surface area contributed by atoms with Gasteiger partial charge in [-0.25, -0.2) is 9.97 Å². The van der Waals surface area contributed by atoms with Crippen molar-refractivity contribution in [3.63, 3.8) is 0 Å². The molecule has 2 rings (SSSR count). The summed E-state index contributed by atoms with van der Waals surface area (Å²) in [6.07, 6.45) is 1.56. The molecule has 0 aliphatic carbocycles. The maximum absolute atomic E-state index is 4.23. The first kappa shape index (κ1) is 14.8. The van der Waals surface area contributed by atoms with Gasteiger partial charge in [0.15, 0.2) is 0 Å². The van der Waals surface area contributed by atoms with Crippen LogP contribution >= 0.6 is 15.9 Å². The van der Waals surface area contributed by atoms with Gasteiger partial charge in [-0.1, -0.05) is 41.9 Å². The molecule has 2 aromatic rings. The lowest BCUT2D eigenvalue weighted by Gasteiger charge is -2.26. The van der Waals surface area contributed by atoms with Crippen LogP contribution in [0.4, 0.5) is 11.6 Å². The van der Waals surface area contributed by atoms with Gasteiger partial charge in [0.2, 0.25) is 0 Å². The summed E-state index contributed by atoms with van der Waals surface area (Å²) >= 11 is 3.46. The zero-order chi connectivity index (χ0) is 14.6. The van der Waals surface area contributed by atoms with Crippen LogP contribution in [0.25, 0.3) is 0 Å². The monoisotopic (exact) mass is 334 g/mol. The summed E-state index contributed by atoms with van der Waals surface area (Å²) in [6, 6.07) is 10.3. The van der Waals surface area contributed by atoms with Crippen LogP contribution < -0.4 is 10.6 Å². The summed E-state index contributed by atoms with van der Waals surface area (Å²) in [5.74, 6) is 1.64. The third-order valence-electron chi connectivity index (χ3n) is 3.26. The standard InChI is InChI=1S/C15H19BrN4/c1-15(2,11-4-6-12(16)7-5-11)9-18-14-8-13(17-3)19-10-20-14/h4-8,10H,9H2,1-3H3,(H2,17,18,19,20). The van der Waals surface area contributed by atoms with Crippen molar-refractivity contribution in [2.75, 3.05) is 24.2 Å². The molecule has 0 bridgehead atoms. The molecule has 0 atom stereocenters. The molecule has 0 aliphatic rings. The Hall–Kier alpha value is -1.62. The van der Waals surface area contributed by atoms with E-state index in [0.29, 0.717) is 0 Å². The van der Waals surface area contributed by atoms with Gasteiger partial charge in [0.25, 0.3) is 0 Å². The van der Waals surface area contributed by atoms with Crippen LogP contribution in [-0.4, -0.2) is 23.6 Å². The average Bonchev–Trinajstić information content (AvgIpc) is 2.46. The Labute approximate surface area is 128 Å². The summed E-state index contributed by atoms with van der Waals surface area (Å²) in [5, 5.41) is 6.38. The van der Waals surface area contributed by atoms with Crippen molar-refractivity contribution in [1.82, 2.24) is 9.97 Å². The molecule has 0 fully saturated rings. The molecule has 1 aromatic carbocycles. The molecule has 0 spiro atoms. The van der Waals surface area contributed by atoms with Crippen LogP contribution in [-0.2, 0) is 5.41 Å². The maximum atomic E-state index is 4.23. The van der Waals surface area contributed by atoms with Crippen molar-refractivity contribution in [2.45, 2.75) is 19.3 Å². The van der Waals surface area contributed by atoms with E-state index < -0.39 is 0 Å². The van der Waals surface area contributed by atoms with E-state index >= 15 is 0 Å². The molecular formula is C15H19BrN4. The fraction of sp³-hybridized carbons (Fsp3) is 0.333. The Kier molecular flexibility index (Phi) is 4.60. The number of aromatic nitrogens is 2. The molecule has 0 aliphatic heterocycles. The first-order valence-corrected chi connectivity index (χ1v) is 7.30. The molecule has 0 saturated heterocycles. The predicted octanol–water partition coefficient (Wildman–Crippen LogP) is 3.67. The Balaban J connectivity index is 2.06. The van der Waals surface area contributed by atoms with Gasteiger partial charge < -0.3 is 10.6 Å². The highest BCUT2D eigenvalue weighted by molar-refractivity contribution is 9.10. The highest BCUT2D eigenvalue weighted by Crippen LogP contribution is 2.25. The third kappa shape index (κ3) is 3.70. The smallest absolute Gasteiger partial charge is 0.131 e. The van der Waals surface area contributed by atoms with Crippen molar-refractivity contribution in [3.05, 3.63) is 46.7 Å². The van der Waals surface area contributed by atoms with Crippen LogP contribution in [0.2, 0.25) is 0 Å². The number of hydrogen-bond donors (Lipinski definition) is 2. The van der Waals surface area contributed by atoms with Gasteiger partial charge in [-0.05, 0) is 17.7 Å². The van der Waals surface area contributed by atoms with Crippen molar-refractivity contribution in [2.24, 2.45) is 0 Å². The minimum atomic E-state index is 0.0193. The number of rotatable bonds is 5. The fourth-order valence-electron chi connectivity index (χ4n) is 1.91. The number of halogens is 1. The van der Waals surface area contributed by atoms with Crippen LogP contribution in [0.1, 0.15) is 19.4 Å². The lowest BCUT2D eigenvalue weighted by Crippen LogP contribution is -2.27. The normalized spacial score (nSPS) is 11.2. The summed E-state index contributed by atoms with van der Waals surface area (Å²) in [6.45, 7) is 5.22. The van der Waals surface area contributed by atoms with E-state index in [1.165, 1.54) is 5.56 Å². The van der Waals surface area contributed by atoms with E-state index in [2.05, 4.69) is 74.6 Å². The summed E-state index contributed by atoms with van der Waals surface area (Å²) in [4.78, 5) is 8.33. The molecule has 4 nitrogen and oxygen atoms in total. The quantitative estimate of drug-likeness (QED) is 0.875. The van der Waals surface area contributed by atoms with Gasteiger partial charge in [-0.3, -0.25) is 0 Å². The second kappa shape index (κ2) is 6.22. The van der Waals surface area contributed by atoms with Crippen molar-refractivity contribution < 1.29 is 0 Å². The summed E-state index contributed by atoms with van der Waals surface area (Å²) in [5.41, 5.74) is 1.31. The van der Waals surface area contributed by atoms with E-state index in [-0.39, 0.29) is 5.41 Å². The number of benzene rings is 1. The van der Waals surface area contributed by atoms with Crippen LogP contribution in [0.3, 0.4) is 0 Å². The lowest BCUT2D eigenvalue weighted by molar-refractivity contribution is 0.556. The highest BCUT2D eigenvalue weighted by atomic mass is 79.9. The van der Waals surface area contributed by atoms with Crippen LogP contribution in [0.5, 0.6) is 0 Å². The SMILES string of the molecule is CNc1cc(NCC(C)(C)c2ccc(Br)cc2)ncn1. The molecule has 1 heterocycles. The maximum Gasteiger partial charge on any atom is 0.131 e. The second-order valence-corrected chi connectivity index (χ2v) is 6.20. The molecule has 0 saturated carbocycles. The minimum Gasteiger partial charge on any atom is -0.373 e. The number of nitrogens with one attached hydrogen (secondary N) is 2. The number of nitrogens with zero attached hydrogens (tertiary/aromatic N) is 2. The first-order valence-electron chi connectivity index (χ1n) is 6.51. The summed E-state index contributed by atoms with van der Waals surface area (Å²) in [7, 11) is 1.85. The van der Waals surface area contributed by atoms with E-state index in [0.717, 1.165) is 22.7 Å². The van der Waals surface area contributed by atoms with Crippen LogP contribution in [0.15, 0.2) is 41.1 Å². The van der Waals surface area contributed by atoms with E-state index in [9.17, 15) is 0 Å². The Bertz CT molecular complexity index is 566. The zero-order valence-electron chi connectivity index (χ0n) is 11.9. The van der Waals surface area contributed by atoms with Gasteiger partial charge in [-0.2, -0.15) is 0 Å². The van der Waals surface area contributed by atoms with Crippen molar-refractivity contribution >= 4 is 27.6 Å². The molecule has 0 amide bonds. The highest BCUT2D eigenvalue weighted by Gasteiger charge is 2.20. The van der Waals surface area contributed by atoms with Gasteiger partial charge in [-0.15, -0.1) is 0 Å². The molecule has 1 aromatic heterocycles. The fourth-order valence-corrected chi connectivity index (χ4v) is 2.17. The minimum absolute atomic E-state index is 0.0193. The third-order valence-corrected chi connectivity index (χ3v) is 3.79. The number of anilines is 2. The predicted molar refractivity (Wildman–Crippen MR) is 87.2 cm³/mol. The van der Waals surface area contributed by atoms with Crippen molar-refractivity contribution in [3.8, 4) is 0 Å². The van der Waals surface area contributed by atoms with Gasteiger partial charge in [0.05, 0.1) is 0 Å². The first-order chi connectivity index (χ1) is 9.51. The molecule has 106 valence electrons. The molecule has 5 heteroatoms. The van der Waals surface area contributed by atoms with Gasteiger partial charge >= 0.3 is 0 Å². The van der Waals surface area contributed by atoms with Crippen LogP contribution in [0, 0.1) is 0 Å². The van der Waals surface area contributed by atoms with Crippen molar-refractivity contribution in [1.29, 1.82) is 0 Å². The largest absolute Gasteiger partial charge is 0.373 e. The van der Waals surface area contributed by atoms with Gasteiger partial charge in [0.1, 0.15) is 18.0 Å². The molecule has 0 radical (unpaired) electrons. The second-order valence-electron chi connectivity index (χ2n) is 5.28. The number of hydrogen-bond acceptors (Lipinski definition) is 4. The topological polar surface area (TPSA) is 49.8 Å². The average molecular weight is 335 g/mol. The Morgan fingerprint density at radius 3 is 2.40 bits per heavy atom. The van der Waals surface area contributed by atoms with E-state index in [4.69, 9.17) is 0 Å². The molecule has 0 unspecified atom stereocenters. The van der Waals surface area contributed by atoms with E-state index in [1.54, 1.807) is 6.33 Å². The summed E-state index contributed by atoms with van der Waals surface area (Å²) < 4.78 is 1.10. The Morgan fingerprint density at radius 2 is 1.75 bits per heavy atom. The molecular weight excluding hydrogens is 316 g/mol. The Morgan fingerprint density at radius 1 is 1.10 bits per heavy atom. The molecule has 20 heavy (non-hydrogen) atoms. The lowest BCUT2D eigenvalue weighted by atomic mass is 9.84. The zero-order valence-corrected chi connectivity index (χ0v) is 13.5. The molecule has 2 N–H and O–H groups in total. The van der Waals surface area contributed by atoms with Gasteiger partial charge in [0, 0.05) is 29.5 Å². The van der Waals surface area contributed by atoms with E-state index in [1.807, 2.05) is 13.1 Å².